The maximum atomic E-state index is 12.5. The van der Waals surface area contributed by atoms with Gasteiger partial charge in [-0.15, -0.1) is 11.3 Å². The smallest absolute Gasteiger partial charge is 0.246 e. The van der Waals surface area contributed by atoms with Crippen molar-refractivity contribution in [1.82, 2.24) is 14.7 Å². The number of hydrogen-bond donors (Lipinski definition) is 0. The molecule has 5 nitrogen and oxygen atoms in total. The fourth-order valence-corrected chi connectivity index (χ4v) is 4.41. The standard InChI is InChI=1S/C19H27N3O2S/c1-20(2)11-12-22-17-9-10-21(14-15(17)5-7-19(22)24)18(23)8-6-16-4-3-13-25-16/h3-4,6,8,13,15,17H,5,7,9-12,14H2,1-2H3/b8-6+/t15-,17+/m1/s1. The Bertz CT molecular complexity index is 627. The van der Waals surface area contributed by atoms with Crippen LogP contribution in [0.3, 0.4) is 0 Å². The number of likely N-dealkylation sites (tertiary alicyclic amines) is 2. The van der Waals surface area contributed by atoms with Gasteiger partial charge in [-0.05, 0) is 50.4 Å². The number of nitrogens with zero attached hydrogens (tertiary/aromatic N) is 3. The SMILES string of the molecule is CN(C)CCN1C(=O)CC[C@@H]2CN(C(=O)/C=C/c3cccs3)CC[C@@H]21. The van der Waals surface area contributed by atoms with Gasteiger partial charge >= 0.3 is 0 Å². The van der Waals surface area contributed by atoms with Gasteiger partial charge in [-0.1, -0.05) is 6.07 Å². The molecule has 0 bridgehead atoms. The van der Waals surface area contributed by atoms with Crippen LogP contribution in [-0.2, 0) is 9.59 Å². The molecule has 2 fully saturated rings. The average Bonchev–Trinajstić information content (AvgIpc) is 3.11. The van der Waals surface area contributed by atoms with Crippen LogP contribution in [0.4, 0.5) is 0 Å². The molecule has 3 rings (SSSR count). The van der Waals surface area contributed by atoms with Gasteiger partial charge in [-0.2, -0.15) is 0 Å². The molecule has 2 aliphatic heterocycles. The molecule has 2 amide bonds. The molecule has 3 heterocycles. The van der Waals surface area contributed by atoms with Crippen molar-refractivity contribution in [3.05, 3.63) is 28.5 Å². The minimum absolute atomic E-state index is 0.0867. The summed E-state index contributed by atoms with van der Waals surface area (Å²) in [5.41, 5.74) is 0. The Kier molecular flexibility index (Phi) is 5.91. The first kappa shape index (κ1) is 18.1. The zero-order chi connectivity index (χ0) is 17.8. The molecule has 1 aromatic rings. The van der Waals surface area contributed by atoms with Gasteiger partial charge < -0.3 is 14.7 Å². The molecule has 2 atom stereocenters. The Hall–Kier alpha value is -1.66. The Labute approximate surface area is 153 Å². The third kappa shape index (κ3) is 4.50. The van der Waals surface area contributed by atoms with Gasteiger partial charge in [0.2, 0.25) is 11.8 Å². The van der Waals surface area contributed by atoms with Crippen molar-refractivity contribution >= 4 is 29.2 Å². The lowest BCUT2D eigenvalue weighted by Gasteiger charge is -2.47. The molecule has 25 heavy (non-hydrogen) atoms. The van der Waals surface area contributed by atoms with E-state index in [0.717, 1.165) is 43.9 Å². The van der Waals surface area contributed by atoms with Crippen LogP contribution in [-0.4, -0.2) is 72.8 Å². The zero-order valence-corrected chi connectivity index (χ0v) is 15.9. The second-order valence-corrected chi connectivity index (χ2v) is 8.16. The van der Waals surface area contributed by atoms with E-state index in [1.165, 1.54) is 0 Å². The molecule has 2 aliphatic rings. The monoisotopic (exact) mass is 361 g/mol. The molecule has 0 spiro atoms. The molecule has 0 radical (unpaired) electrons. The highest BCUT2D eigenvalue weighted by Crippen LogP contribution is 2.31. The average molecular weight is 362 g/mol. The Morgan fingerprint density at radius 3 is 2.96 bits per heavy atom. The van der Waals surface area contributed by atoms with Crippen molar-refractivity contribution in [1.29, 1.82) is 0 Å². The number of fused-ring (bicyclic) bond motifs is 1. The summed E-state index contributed by atoms with van der Waals surface area (Å²) >= 11 is 1.63. The van der Waals surface area contributed by atoms with E-state index in [2.05, 4.69) is 9.80 Å². The predicted molar refractivity (Wildman–Crippen MR) is 101 cm³/mol. The van der Waals surface area contributed by atoms with Crippen LogP contribution < -0.4 is 0 Å². The minimum atomic E-state index is 0.0867. The maximum Gasteiger partial charge on any atom is 0.246 e. The second-order valence-electron chi connectivity index (χ2n) is 7.18. The number of carbonyl (C=O) groups excluding carboxylic acids is 2. The van der Waals surface area contributed by atoms with Crippen molar-refractivity contribution in [2.24, 2.45) is 5.92 Å². The molecule has 0 N–H and O–H groups in total. The third-order valence-electron chi connectivity index (χ3n) is 5.18. The van der Waals surface area contributed by atoms with Crippen molar-refractivity contribution in [3.63, 3.8) is 0 Å². The molecule has 2 saturated heterocycles. The fourth-order valence-electron chi connectivity index (χ4n) is 3.79. The highest BCUT2D eigenvalue weighted by atomic mass is 32.1. The van der Waals surface area contributed by atoms with Crippen LogP contribution >= 0.6 is 11.3 Å². The number of rotatable bonds is 5. The van der Waals surface area contributed by atoms with Gasteiger partial charge in [-0.3, -0.25) is 9.59 Å². The van der Waals surface area contributed by atoms with Gasteiger partial charge in [0, 0.05) is 49.6 Å². The number of likely N-dealkylation sites (N-methyl/N-ethyl adjacent to an activating group) is 1. The van der Waals surface area contributed by atoms with E-state index in [1.54, 1.807) is 17.4 Å². The number of piperidine rings is 2. The van der Waals surface area contributed by atoms with Crippen LogP contribution in [0, 0.1) is 5.92 Å². The summed E-state index contributed by atoms with van der Waals surface area (Å²) < 4.78 is 0. The van der Waals surface area contributed by atoms with Gasteiger partial charge in [0.15, 0.2) is 0 Å². The molecular weight excluding hydrogens is 334 g/mol. The van der Waals surface area contributed by atoms with Crippen molar-refractivity contribution in [2.45, 2.75) is 25.3 Å². The molecule has 0 aromatic carbocycles. The van der Waals surface area contributed by atoms with Crippen LogP contribution in [0.25, 0.3) is 6.08 Å². The summed E-state index contributed by atoms with van der Waals surface area (Å²) in [6.45, 7) is 3.19. The van der Waals surface area contributed by atoms with Crippen LogP contribution in [0.1, 0.15) is 24.1 Å². The molecule has 0 unspecified atom stereocenters. The van der Waals surface area contributed by atoms with E-state index < -0.39 is 0 Å². The largest absolute Gasteiger partial charge is 0.339 e. The van der Waals surface area contributed by atoms with E-state index in [-0.39, 0.29) is 11.8 Å². The zero-order valence-electron chi connectivity index (χ0n) is 15.1. The predicted octanol–water partition coefficient (Wildman–Crippen LogP) is 2.16. The number of hydrogen-bond acceptors (Lipinski definition) is 4. The molecule has 6 heteroatoms. The molecule has 136 valence electrons. The Morgan fingerprint density at radius 2 is 2.24 bits per heavy atom. The first-order chi connectivity index (χ1) is 12.0. The molecule has 1 aromatic heterocycles. The first-order valence-corrected chi connectivity index (χ1v) is 9.87. The summed E-state index contributed by atoms with van der Waals surface area (Å²) in [7, 11) is 4.07. The van der Waals surface area contributed by atoms with Crippen LogP contribution in [0.2, 0.25) is 0 Å². The van der Waals surface area contributed by atoms with Gasteiger partial charge in [0.25, 0.3) is 0 Å². The number of carbonyl (C=O) groups is 2. The highest BCUT2D eigenvalue weighted by Gasteiger charge is 2.39. The van der Waals surface area contributed by atoms with Gasteiger partial charge in [0.05, 0.1) is 0 Å². The lowest BCUT2D eigenvalue weighted by Crippen LogP contribution is -2.57. The summed E-state index contributed by atoms with van der Waals surface area (Å²) in [6.07, 6.45) is 5.99. The van der Waals surface area contributed by atoms with Crippen molar-refractivity contribution in [2.75, 3.05) is 40.3 Å². The molecular formula is C19H27N3O2S. The highest BCUT2D eigenvalue weighted by molar-refractivity contribution is 7.10. The van der Waals surface area contributed by atoms with Crippen LogP contribution in [0.15, 0.2) is 23.6 Å². The topological polar surface area (TPSA) is 43.9 Å². The van der Waals surface area contributed by atoms with E-state index in [0.29, 0.717) is 18.4 Å². The summed E-state index contributed by atoms with van der Waals surface area (Å²) in [4.78, 5) is 32.0. The summed E-state index contributed by atoms with van der Waals surface area (Å²) in [6, 6.07) is 4.30. The lowest BCUT2D eigenvalue weighted by molar-refractivity contribution is -0.143. The number of amides is 2. The number of thiophene rings is 1. The third-order valence-corrected chi connectivity index (χ3v) is 6.01. The second kappa shape index (κ2) is 8.15. The summed E-state index contributed by atoms with van der Waals surface area (Å²) in [5, 5.41) is 2.01. The normalized spacial score (nSPS) is 24.2. The van der Waals surface area contributed by atoms with Crippen LogP contribution in [0.5, 0.6) is 0 Å². The van der Waals surface area contributed by atoms with Crippen molar-refractivity contribution < 1.29 is 9.59 Å². The molecule has 0 aliphatic carbocycles. The van der Waals surface area contributed by atoms with E-state index in [4.69, 9.17) is 0 Å². The van der Waals surface area contributed by atoms with Crippen molar-refractivity contribution in [3.8, 4) is 0 Å². The Morgan fingerprint density at radius 1 is 1.40 bits per heavy atom. The van der Waals surface area contributed by atoms with Gasteiger partial charge in [-0.25, -0.2) is 0 Å². The minimum Gasteiger partial charge on any atom is -0.339 e. The van der Waals surface area contributed by atoms with E-state index in [1.807, 2.05) is 42.6 Å². The first-order valence-electron chi connectivity index (χ1n) is 8.99. The lowest BCUT2D eigenvalue weighted by atomic mass is 9.83. The quantitative estimate of drug-likeness (QED) is 0.755. The van der Waals surface area contributed by atoms with Gasteiger partial charge in [0.1, 0.15) is 0 Å². The molecule has 0 saturated carbocycles. The van der Waals surface area contributed by atoms with E-state index >= 15 is 0 Å². The van der Waals surface area contributed by atoms with E-state index in [9.17, 15) is 9.59 Å². The maximum absolute atomic E-state index is 12.5. The Balaban J connectivity index is 1.59. The fraction of sp³-hybridized carbons (Fsp3) is 0.579. The summed E-state index contributed by atoms with van der Waals surface area (Å²) in [5.74, 6) is 0.775.